The van der Waals surface area contributed by atoms with Gasteiger partial charge in [-0.25, -0.2) is 0 Å². The molecule has 4 nitrogen and oxygen atoms in total. The number of carbonyl (C=O) groups is 1. The minimum absolute atomic E-state index is 0.0308. The van der Waals surface area contributed by atoms with Crippen molar-refractivity contribution in [2.24, 2.45) is 0 Å². The fourth-order valence-corrected chi connectivity index (χ4v) is 1.70. The lowest BCUT2D eigenvalue weighted by molar-refractivity contribution is -0.119. The third-order valence-corrected chi connectivity index (χ3v) is 2.71. The van der Waals surface area contributed by atoms with Gasteiger partial charge in [-0.2, -0.15) is 0 Å². The number of ether oxygens (including phenoxy) is 2. The van der Waals surface area contributed by atoms with Crippen LogP contribution < -0.4 is 10.1 Å². The Hall–Kier alpha value is -2.04. The smallest absolute Gasteiger partial charge is 0.250 e. The fourth-order valence-electron chi connectivity index (χ4n) is 1.57. The summed E-state index contributed by atoms with van der Waals surface area (Å²) in [5.74, 6) is 1.18. The second kappa shape index (κ2) is 6.93. The monoisotopic (exact) mass is 291 g/mol. The van der Waals surface area contributed by atoms with Gasteiger partial charge in [0, 0.05) is 17.8 Å². The second-order valence-corrected chi connectivity index (χ2v) is 4.50. The van der Waals surface area contributed by atoms with Gasteiger partial charge >= 0.3 is 0 Å². The van der Waals surface area contributed by atoms with Gasteiger partial charge in [-0.3, -0.25) is 4.79 Å². The molecule has 2 rings (SSSR count). The normalized spacial score (nSPS) is 10.1. The standard InChI is InChI=1S/C15H14ClNO3/c1-19-10-15(18)17-12-4-8-14(9-5-12)20-13-6-2-11(16)3-7-13/h2-9H,10H2,1H3,(H,17,18). The van der Waals surface area contributed by atoms with Crippen LogP contribution in [0.5, 0.6) is 11.5 Å². The minimum atomic E-state index is -0.195. The van der Waals surface area contributed by atoms with Crippen molar-refractivity contribution in [3.8, 4) is 11.5 Å². The van der Waals surface area contributed by atoms with Crippen LogP contribution in [0.1, 0.15) is 0 Å². The Balaban J connectivity index is 1.97. The van der Waals surface area contributed by atoms with Gasteiger partial charge in [0.1, 0.15) is 18.1 Å². The number of methoxy groups -OCH3 is 1. The summed E-state index contributed by atoms with van der Waals surface area (Å²) in [7, 11) is 1.47. The first-order valence-corrected chi connectivity index (χ1v) is 6.37. The number of halogens is 1. The Labute approximate surface area is 122 Å². The van der Waals surface area contributed by atoms with Gasteiger partial charge in [0.25, 0.3) is 0 Å². The number of rotatable bonds is 5. The Bertz CT molecular complexity index is 567. The number of benzene rings is 2. The Kier molecular flexibility index (Phi) is 4.98. The average molecular weight is 292 g/mol. The summed E-state index contributed by atoms with van der Waals surface area (Å²) in [4.78, 5) is 11.3. The van der Waals surface area contributed by atoms with Gasteiger partial charge in [0.2, 0.25) is 5.91 Å². The molecule has 0 saturated carbocycles. The van der Waals surface area contributed by atoms with Crippen LogP contribution in [0.4, 0.5) is 5.69 Å². The molecule has 0 radical (unpaired) electrons. The quantitative estimate of drug-likeness (QED) is 0.913. The predicted molar refractivity (Wildman–Crippen MR) is 78.5 cm³/mol. The average Bonchev–Trinajstić information content (AvgIpc) is 2.44. The lowest BCUT2D eigenvalue weighted by Gasteiger charge is -2.08. The molecule has 0 aromatic heterocycles. The van der Waals surface area contributed by atoms with Crippen LogP contribution in [0, 0.1) is 0 Å². The van der Waals surface area contributed by atoms with Crippen molar-refractivity contribution in [2.75, 3.05) is 19.0 Å². The highest BCUT2D eigenvalue weighted by molar-refractivity contribution is 6.30. The molecule has 0 bridgehead atoms. The number of hydrogen-bond acceptors (Lipinski definition) is 3. The highest BCUT2D eigenvalue weighted by Crippen LogP contribution is 2.24. The third kappa shape index (κ3) is 4.26. The first-order valence-electron chi connectivity index (χ1n) is 5.99. The van der Waals surface area contributed by atoms with E-state index in [0.29, 0.717) is 22.2 Å². The molecule has 1 N–H and O–H groups in total. The van der Waals surface area contributed by atoms with Crippen LogP contribution in [0.3, 0.4) is 0 Å². The third-order valence-electron chi connectivity index (χ3n) is 2.46. The van der Waals surface area contributed by atoms with Crippen LogP contribution in [-0.4, -0.2) is 19.6 Å². The van der Waals surface area contributed by atoms with Crippen molar-refractivity contribution in [3.63, 3.8) is 0 Å². The lowest BCUT2D eigenvalue weighted by Crippen LogP contribution is -2.16. The fraction of sp³-hybridized carbons (Fsp3) is 0.133. The molecule has 0 aliphatic rings. The van der Waals surface area contributed by atoms with Crippen molar-refractivity contribution in [2.45, 2.75) is 0 Å². The molecule has 0 heterocycles. The molecular weight excluding hydrogens is 278 g/mol. The summed E-state index contributed by atoms with van der Waals surface area (Å²) >= 11 is 5.80. The van der Waals surface area contributed by atoms with Gasteiger partial charge in [-0.05, 0) is 48.5 Å². The molecule has 0 atom stereocenters. The van der Waals surface area contributed by atoms with Crippen LogP contribution >= 0.6 is 11.6 Å². The first-order chi connectivity index (χ1) is 9.67. The highest BCUT2D eigenvalue weighted by Gasteiger charge is 2.02. The molecule has 2 aromatic carbocycles. The van der Waals surface area contributed by atoms with E-state index in [1.807, 2.05) is 0 Å². The summed E-state index contributed by atoms with van der Waals surface area (Å²) in [5, 5.41) is 3.37. The molecule has 0 unspecified atom stereocenters. The second-order valence-electron chi connectivity index (χ2n) is 4.06. The van der Waals surface area contributed by atoms with Gasteiger partial charge < -0.3 is 14.8 Å². The largest absolute Gasteiger partial charge is 0.457 e. The number of carbonyl (C=O) groups excluding carboxylic acids is 1. The van der Waals surface area contributed by atoms with E-state index in [1.54, 1.807) is 48.5 Å². The molecule has 5 heteroatoms. The van der Waals surface area contributed by atoms with Crippen molar-refractivity contribution in [3.05, 3.63) is 53.6 Å². The molecule has 0 fully saturated rings. The molecule has 1 amide bonds. The molecule has 0 aliphatic carbocycles. The van der Waals surface area contributed by atoms with E-state index in [2.05, 4.69) is 5.32 Å². The van der Waals surface area contributed by atoms with Crippen LogP contribution in [-0.2, 0) is 9.53 Å². The number of hydrogen-bond donors (Lipinski definition) is 1. The Morgan fingerprint density at radius 2 is 1.60 bits per heavy atom. The SMILES string of the molecule is COCC(=O)Nc1ccc(Oc2ccc(Cl)cc2)cc1. The lowest BCUT2D eigenvalue weighted by atomic mass is 10.3. The maximum Gasteiger partial charge on any atom is 0.250 e. The number of anilines is 1. The summed E-state index contributed by atoms with van der Waals surface area (Å²) in [5.41, 5.74) is 0.690. The van der Waals surface area contributed by atoms with E-state index in [0.717, 1.165) is 0 Å². The summed E-state index contributed by atoms with van der Waals surface area (Å²) in [6, 6.07) is 14.2. The summed E-state index contributed by atoms with van der Waals surface area (Å²) in [6.07, 6.45) is 0. The number of amides is 1. The zero-order chi connectivity index (χ0) is 14.4. The molecule has 104 valence electrons. The number of nitrogens with one attached hydrogen (secondary N) is 1. The van der Waals surface area contributed by atoms with Gasteiger partial charge in [0.15, 0.2) is 0 Å². The van der Waals surface area contributed by atoms with Crippen LogP contribution in [0.25, 0.3) is 0 Å². The maximum atomic E-state index is 11.3. The van der Waals surface area contributed by atoms with Crippen molar-refractivity contribution in [1.82, 2.24) is 0 Å². The first kappa shape index (κ1) is 14.4. The minimum Gasteiger partial charge on any atom is -0.457 e. The van der Waals surface area contributed by atoms with Crippen LogP contribution in [0.2, 0.25) is 5.02 Å². The molecule has 0 spiro atoms. The Morgan fingerprint density at radius 1 is 1.05 bits per heavy atom. The topological polar surface area (TPSA) is 47.6 Å². The van der Waals surface area contributed by atoms with E-state index in [4.69, 9.17) is 21.1 Å². The van der Waals surface area contributed by atoms with Crippen molar-refractivity contribution < 1.29 is 14.3 Å². The van der Waals surface area contributed by atoms with Gasteiger partial charge in [-0.15, -0.1) is 0 Å². The molecular formula is C15H14ClNO3. The molecule has 20 heavy (non-hydrogen) atoms. The van der Waals surface area contributed by atoms with E-state index in [9.17, 15) is 4.79 Å². The van der Waals surface area contributed by atoms with Crippen LogP contribution in [0.15, 0.2) is 48.5 Å². The molecule has 0 aliphatic heterocycles. The zero-order valence-electron chi connectivity index (χ0n) is 10.9. The Morgan fingerprint density at radius 3 is 2.15 bits per heavy atom. The van der Waals surface area contributed by atoms with Gasteiger partial charge in [0.05, 0.1) is 0 Å². The van der Waals surface area contributed by atoms with E-state index < -0.39 is 0 Å². The maximum absolute atomic E-state index is 11.3. The molecule has 0 saturated heterocycles. The molecule has 2 aromatic rings. The highest BCUT2D eigenvalue weighted by atomic mass is 35.5. The van der Waals surface area contributed by atoms with E-state index in [1.165, 1.54) is 7.11 Å². The van der Waals surface area contributed by atoms with Crippen molar-refractivity contribution in [1.29, 1.82) is 0 Å². The van der Waals surface area contributed by atoms with E-state index in [-0.39, 0.29) is 12.5 Å². The predicted octanol–water partition coefficient (Wildman–Crippen LogP) is 3.72. The summed E-state index contributed by atoms with van der Waals surface area (Å²) < 4.78 is 10.4. The van der Waals surface area contributed by atoms with E-state index >= 15 is 0 Å². The summed E-state index contributed by atoms with van der Waals surface area (Å²) in [6.45, 7) is 0.0308. The van der Waals surface area contributed by atoms with Gasteiger partial charge in [-0.1, -0.05) is 11.6 Å². The zero-order valence-corrected chi connectivity index (χ0v) is 11.7. The van der Waals surface area contributed by atoms with Crippen molar-refractivity contribution >= 4 is 23.2 Å².